The van der Waals surface area contributed by atoms with Gasteiger partial charge in [0, 0.05) is 42.0 Å². The lowest BCUT2D eigenvalue weighted by molar-refractivity contribution is -0.00789. The molecule has 1 amide bonds. The normalized spacial score (nSPS) is 20.9. The summed E-state index contributed by atoms with van der Waals surface area (Å²) in [6, 6.07) is 5.46. The van der Waals surface area contributed by atoms with Gasteiger partial charge in [-0.3, -0.25) is 13.8 Å². The molecule has 2 N–H and O–H groups in total. The van der Waals surface area contributed by atoms with E-state index in [4.69, 9.17) is 13.6 Å². The molecule has 2 aliphatic rings. The van der Waals surface area contributed by atoms with Crippen molar-refractivity contribution in [3.8, 4) is 22.4 Å². The van der Waals surface area contributed by atoms with Crippen LogP contribution in [0.15, 0.2) is 35.4 Å². The average Bonchev–Trinajstić information content (AvgIpc) is 3.79. The van der Waals surface area contributed by atoms with E-state index < -0.39 is 24.6 Å². The third-order valence-electron chi connectivity index (χ3n) is 8.72. The van der Waals surface area contributed by atoms with Crippen LogP contribution in [-0.4, -0.2) is 48.1 Å². The van der Waals surface area contributed by atoms with Gasteiger partial charge < -0.3 is 19.8 Å². The molecule has 2 atom stereocenters. The number of hydrogen-bond acceptors (Lipinski definition) is 6. The Morgan fingerprint density at radius 3 is 2.93 bits per heavy atom. The number of methoxy groups -OCH3 is 1. The van der Waals surface area contributed by atoms with Gasteiger partial charge >= 0.3 is 11.8 Å². The largest absolute Gasteiger partial charge is 0.453 e. The first-order chi connectivity index (χ1) is 21.3. The van der Waals surface area contributed by atoms with Crippen molar-refractivity contribution in [2.75, 3.05) is 7.11 Å². The number of fused-ring (bicyclic) bond motifs is 4. The number of carbonyl (C=O) groups excluding carboxylic acids is 1. The number of ether oxygens (including phenoxy) is 2. The van der Waals surface area contributed by atoms with Crippen LogP contribution in [0.25, 0.3) is 44.5 Å². The smallest absolute Gasteiger partial charge is 0.407 e. The lowest BCUT2D eigenvalue weighted by Crippen LogP contribution is -2.33. The monoisotopic (exact) mass is 576 g/mol. The average molecular weight is 577 g/mol. The second-order valence-electron chi connectivity index (χ2n) is 11.6. The number of rotatable bonds is 4. The number of benzene rings is 1. The van der Waals surface area contributed by atoms with Crippen LogP contribution in [-0.2, 0) is 35.7 Å². The maximum atomic E-state index is 15.5. The Bertz CT molecular complexity index is 2070. The van der Waals surface area contributed by atoms with Gasteiger partial charge in [0.15, 0.2) is 0 Å². The fourth-order valence-corrected chi connectivity index (χ4v) is 6.67. The third-order valence-corrected chi connectivity index (χ3v) is 8.72. The first-order valence-electron chi connectivity index (χ1n) is 15.3. The number of nitrogens with zero attached hydrogens (tertiary/aromatic N) is 5. The summed E-state index contributed by atoms with van der Waals surface area (Å²) in [7, 11) is 2.98. The van der Waals surface area contributed by atoms with Crippen LogP contribution in [0, 0.1) is 5.95 Å². The molecule has 12 heteroatoms. The molecule has 42 heavy (non-hydrogen) atoms. The van der Waals surface area contributed by atoms with Gasteiger partial charge in [0.1, 0.15) is 5.65 Å². The predicted octanol–water partition coefficient (Wildman–Crippen LogP) is 4.64. The molecule has 0 spiro atoms. The minimum atomic E-state index is -2.69. The summed E-state index contributed by atoms with van der Waals surface area (Å²) < 4.78 is 53.5. The molecule has 7 rings (SSSR count). The Balaban J connectivity index is 1.51. The van der Waals surface area contributed by atoms with Crippen molar-refractivity contribution < 1.29 is 22.8 Å². The molecular formula is C30H32FN7O4. The summed E-state index contributed by atoms with van der Waals surface area (Å²) in [4.78, 5) is 33.6. The maximum absolute atomic E-state index is 15.5. The summed E-state index contributed by atoms with van der Waals surface area (Å²) in [5.41, 5.74) is 4.37. The van der Waals surface area contributed by atoms with Gasteiger partial charge in [-0.1, -0.05) is 12.1 Å². The van der Waals surface area contributed by atoms with Crippen LogP contribution in [0.4, 0.5) is 9.18 Å². The molecule has 1 aromatic carbocycles. The van der Waals surface area contributed by atoms with Crippen molar-refractivity contribution in [1.29, 1.82) is 0 Å². The molecule has 1 fully saturated rings. The summed E-state index contributed by atoms with van der Waals surface area (Å²) >= 11 is 0. The van der Waals surface area contributed by atoms with Crippen LogP contribution in [0.2, 0.25) is 0 Å². The molecule has 5 heterocycles. The highest BCUT2D eigenvalue weighted by molar-refractivity contribution is 6.14. The fourth-order valence-electron chi connectivity index (χ4n) is 6.67. The van der Waals surface area contributed by atoms with Crippen molar-refractivity contribution in [1.82, 2.24) is 34.2 Å². The first kappa shape index (κ1) is 23.1. The second kappa shape index (κ2) is 9.28. The van der Waals surface area contributed by atoms with E-state index in [1.807, 2.05) is 32.0 Å². The van der Waals surface area contributed by atoms with Gasteiger partial charge in [-0.15, -0.1) is 5.10 Å². The highest BCUT2D eigenvalue weighted by Gasteiger charge is 2.34. The molecule has 0 bridgehead atoms. The molecule has 0 saturated heterocycles. The minimum Gasteiger partial charge on any atom is -0.453 e. The maximum Gasteiger partial charge on any atom is 0.407 e. The zero-order chi connectivity index (χ0) is 32.0. The van der Waals surface area contributed by atoms with E-state index in [0.717, 1.165) is 17.3 Å². The third kappa shape index (κ3) is 3.88. The number of pyridine rings is 1. The van der Waals surface area contributed by atoms with Gasteiger partial charge in [0.25, 0.3) is 0 Å². The topological polar surface area (TPSA) is 121 Å². The highest BCUT2D eigenvalue weighted by Crippen LogP contribution is 2.45. The van der Waals surface area contributed by atoms with Crippen molar-refractivity contribution in [3.05, 3.63) is 58.2 Å². The summed E-state index contributed by atoms with van der Waals surface area (Å²) in [6.07, 6.45) is 4.03. The molecule has 4 aromatic heterocycles. The van der Waals surface area contributed by atoms with E-state index in [1.54, 1.807) is 17.8 Å². The van der Waals surface area contributed by atoms with Crippen LogP contribution >= 0.6 is 0 Å². The molecule has 1 aliphatic heterocycles. The zero-order valence-electron chi connectivity index (χ0n) is 26.6. The molecule has 11 nitrogen and oxygen atoms in total. The van der Waals surface area contributed by atoms with Crippen molar-refractivity contribution in [2.24, 2.45) is 14.0 Å². The quantitative estimate of drug-likeness (QED) is 0.322. The van der Waals surface area contributed by atoms with Crippen molar-refractivity contribution >= 4 is 28.2 Å². The number of aromatic amines is 1. The van der Waals surface area contributed by atoms with Gasteiger partial charge in [0.2, 0.25) is 5.95 Å². The number of aryl methyl sites for hydroxylation is 2. The van der Waals surface area contributed by atoms with Gasteiger partial charge in [0.05, 0.1) is 53.2 Å². The van der Waals surface area contributed by atoms with E-state index in [9.17, 15) is 9.59 Å². The number of carbonyl (C=O) groups is 1. The predicted molar refractivity (Wildman–Crippen MR) is 154 cm³/mol. The molecule has 0 unspecified atom stereocenters. The Hall–Kier alpha value is -4.45. The van der Waals surface area contributed by atoms with Crippen LogP contribution in [0.1, 0.15) is 54.4 Å². The van der Waals surface area contributed by atoms with E-state index in [1.165, 1.54) is 11.7 Å². The summed E-state index contributed by atoms with van der Waals surface area (Å²) in [6.45, 7) is 1.69. The number of imidazole rings is 1. The highest BCUT2D eigenvalue weighted by atomic mass is 19.1. The Labute approximate surface area is 244 Å². The lowest BCUT2D eigenvalue weighted by atomic mass is 9.91. The standard InChI is InChI=1S/C30H32FN7O4/c1-30(2)20-9-6-15(10-16(20)14-42-30)22-23-25-21(12-32-27(23)34-24(22)19-13-36(3)35-26(19)31)37(4)29(40)38(25)18-8-7-17(11-18)33-28(39)41-5/h6,9-10,12-13,17-18H,7-8,11,14H2,1-5H3,(H,32,34)(H,33,39)/t17-,18-/m1/s1/i3D3. The molecular weight excluding hydrogens is 541 g/mol. The lowest BCUT2D eigenvalue weighted by Gasteiger charge is -2.18. The molecule has 1 aliphatic carbocycles. The minimum absolute atomic E-state index is 0.0441. The Morgan fingerprint density at radius 2 is 2.17 bits per heavy atom. The second-order valence-corrected chi connectivity index (χ2v) is 11.6. The van der Waals surface area contributed by atoms with E-state index in [0.29, 0.717) is 63.7 Å². The number of amides is 1. The number of aromatic nitrogens is 6. The Morgan fingerprint density at radius 1 is 1.33 bits per heavy atom. The molecule has 1 saturated carbocycles. The summed E-state index contributed by atoms with van der Waals surface area (Å²) in [5.74, 6) is -0.959. The molecule has 218 valence electrons. The van der Waals surface area contributed by atoms with E-state index in [-0.39, 0.29) is 29.0 Å². The molecule has 5 aromatic rings. The van der Waals surface area contributed by atoms with Crippen molar-refractivity contribution in [3.63, 3.8) is 0 Å². The van der Waals surface area contributed by atoms with Gasteiger partial charge in [-0.05, 0) is 55.9 Å². The van der Waals surface area contributed by atoms with Crippen molar-refractivity contribution in [2.45, 2.75) is 57.4 Å². The molecule has 0 radical (unpaired) electrons. The summed E-state index contributed by atoms with van der Waals surface area (Å²) in [5, 5.41) is 7.09. The SMILES string of the molecule is [2H]C([2H])([2H])n1cc(-c2[nH]c3ncc4c(c3c2-c2ccc3c(c2)COC3(C)C)n([C@@H]2CC[C@@H](NC(=O)OC)C2)c(=O)n4C)c(F)n1. The number of alkyl carbamates (subject to hydrolysis) is 1. The number of halogens is 1. The van der Waals surface area contributed by atoms with E-state index in [2.05, 4.69) is 20.4 Å². The van der Waals surface area contributed by atoms with Gasteiger partial charge in [-0.2, -0.15) is 4.39 Å². The Kier molecular flexibility index (Phi) is 5.12. The van der Waals surface area contributed by atoms with Gasteiger partial charge in [-0.25, -0.2) is 14.6 Å². The van der Waals surface area contributed by atoms with Crippen LogP contribution < -0.4 is 11.0 Å². The van der Waals surface area contributed by atoms with E-state index >= 15 is 4.39 Å². The zero-order valence-corrected chi connectivity index (χ0v) is 23.6. The number of hydrogen-bond donors (Lipinski definition) is 2. The number of H-pyrrole nitrogens is 1. The van der Waals surface area contributed by atoms with Crippen LogP contribution in [0.3, 0.4) is 0 Å². The van der Waals surface area contributed by atoms with Crippen LogP contribution in [0.5, 0.6) is 0 Å². The number of nitrogens with one attached hydrogen (secondary N) is 2. The first-order valence-corrected chi connectivity index (χ1v) is 13.8. The fraction of sp³-hybridized carbons (Fsp3) is 0.400.